The average molecular weight is 347 g/mol. The van der Waals surface area contributed by atoms with Crippen molar-refractivity contribution in [1.82, 2.24) is 9.47 Å². The Balaban J connectivity index is 2.09. The molecule has 0 saturated carbocycles. The number of para-hydroxylation sites is 1. The average Bonchev–Trinajstić information content (AvgIpc) is 2.81. The molecule has 1 aromatic heterocycles. The van der Waals surface area contributed by atoms with Gasteiger partial charge >= 0.3 is 6.09 Å². The second-order valence-corrected chi connectivity index (χ2v) is 12.5. The van der Waals surface area contributed by atoms with Crippen LogP contribution in [0.25, 0.3) is 10.9 Å². The molecule has 0 unspecified atom stereocenters. The molecule has 0 bridgehead atoms. The molecule has 0 radical (unpaired) electrons. The van der Waals surface area contributed by atoms with Crippen molar-refractivity contribution in [3.05, 3.63) is 29.8 Å². The number of hydrogen-bond donors (Lipinski definition) is 1. The molecule has 2 aromatic rings. The number of amides is 1. The molecule has 1 saturated heterocycles. The van der Waals surface area contributed by atoms with E-state index in [2.05, 4.69) is 55.5 Å². The number of benzene rings is 1. The van der Waals surface area contributed by atoms with E-state index in [1.54, 1.807) is 4.90 Å². The van der Waals surface area contributed by atoms with E-state index < -0.39 is 14.2 Å². The van der Waals surface area contributed by atoms with Crippen molar-refractivity contribution in [2.45, 2.75) is 32.1 Å². The Morgan fingerprint density at radius 2 is 2.04 bits per heavy atom. The van der Waals surface area contributed by atoms with Gasteiger partial charge in [0.1, 0.15) is 0 Å². The Morgan fingerprint density at radius 1 is 1.33 bits per heavy atom. The van der Waals surface area contributed by atoms with E-state index in [-0.39, 0.29) is 6.04 Å². The topological polar surface area (TPSA) is 54.7 Å². The minimum absolute atomic E-state index is 0.114. The molecule has 5 nitrogen and oxygen atoms in total. The van der Waals surface area contributed by atoms with Gasteiger partial charge in [0.15, 0.2) is 0 Å². The van der Waals surface area contributed by atoms with E-state index in [4.69, 9.17) is 4.74 Å². The lowest BCUT2D eigenvalue weighted by Gasteiger charge is -2.34. The fourth-order valence-electron chi connectivity index (χ4n) is 3.95. The van der Waals surface area contributed by atoms with Crippen LogP contribution >= 0.6 is 0 Å². The molecule has 1 aliphatic heterocycles. The first-order chi connectivity index (χ1) is 11.3. The number of aromatic nitrogens is 1. The van der Waals surface area contributed by atoms with Crippen LogP contribution in [0.1, 0.15) is 5.56 Å². The lowest BCUT2D eigenvalue weighted by molar-refractivity contribution is 0.000437. The summed E-state index contributed by atoms with van der Waals surface area (Å²) in [5.74, 6) is 0. The summed E-state index contributed by atoms with van der Waals surface area (Å²) in [7, 11) is 0.548. The van der Waals surface area contributed by atoms with E-state index in [0.29, 0.717) is 26.2 Å². The number of morpholine rings is 1. The normalized spacial score (nSPS) is 19.0. The van der Waals surface area contributed by atoms with Crippen LogP contribution in [0, 0.1) is 0 Å². The molecule has 1 fully saturated rings. The van der Waals surface area contributed by atoms with E-state index in [0.717, 1.165) is 0 Å². The summed E-state index contributed by atoms with van der Waals surface area (Å²) in [6.07, 6.45) is -0.133. The van der Waals surface area contributed by atoms with Crippen molar-refractivity contribution in [2.75, 3.05) is 19.8 Å². The minimum Gasteiger partial charge on any atom is -0.465 e. The molecule has 0 aliphatic carbocycles. The summed E-state index contributed by atoms with van der Waals surface area (Å²) in [5, 5.41) is 12.2. The standard InChI is InChI=1S/C18H26N2O3Si/c1-19-16-8-6-5-7-14(16)15(17(19)24(2,3)4)11-13-12-23-10-9-20(13)18(21)22/h5-8,13H,9-12H2,1-4H3,(H,21,22)/t13-/m0/s1. The first-order valence-corrected chi connectivity index (χ1v) is 11.9. The summed E-state index contributed by atoms with van der Waals surface area (Å²) < 4.78 is 7.89. The Bertz CT molecular complexity index is 763. The minimum atomic E-state index is -1.58. The predicted molar refractivity (Wildman–Crippen MR) is 98.9 cm³/mol. The lowest BCUT2D eigenvalue weighted by atomic mass is 10.0. The highest BCUT2D eigenvalue weighted by atomic mass is 28.3. The Labute approximate surface area is 143 Å². The molecule has 1 N–H and O–H groups in total. The van der Waals surface area contributed by atoms with Gasteiger partial charge in [-0.2, -0.15) is 0 Å². The van der Waals surface area contributed by atoms with E-state index in [1.807, 2.05) is 0 Å². The molecular weight excluding hydrogens is 320 g/mol. The molecule has 1 aromatic carbocycles. The zero-order chi connectivity index (χ0) is 17.5. The predicted octanol–water partition coefficient (Wildman–Crippen LogP) is 2.64. The Kier molecular flexibility index (Phi) is 4.44. The number of rotatable bonds is 3. The molecule has 6 heteroatoms. The number of aryl methyl sites for hydroxylation is 1. The molecule has 1 aliphatic rings. The van der Waals surface area contributed by atoms with Crippen LogP contribution < -0.4 is 5.32 Å². The highest BCUT2D eigenvalue weighted by molar-refractivity contribution is 6.88. The summed E-state index contributed by atoms with van der Waals surface area (Å²) >= 11 is 0. The second kappa shape index (κ2) is 6.26. The molecular formula is C18H26N2O3Si. The van der Waals surface area contributed by atoms with Gasteiger partial charge in [-0.25, -0.2) is 4.79 Å². The van der Waals surface area contributed by atoms with E-state index >= 15 is 0 Å². The largest absolute Gasteiger partial charge is 0.465 e. The van der Waals surface area contributed by atoms with Crippen molar-refractivity contribution in [1.29, 1.82) is 0 Å². The third-order valence-electron chi connectivity index (χ3n) is 4.84. The molecule has 24 heavy (non-hydrogen) atoms. The molecule has 1 atom stereocenters. The van der Waals surface area contributed by atoms with Gasteiger partial charge in [-0.15, -0.1) is 0 Å². The molecule has 130 valence electrons. The summed E-state index contributed by atoms with van der Waals surface area (Å²) in [5.41, 5.74) is 2.53. The number of ether oxygens (including phenoxy) is 1. The van der Waals surface area contributed by atoms with Crippen LogP contribution in [0.3, 0.4) is 0 Å². The van der Waals surface area contributed by atoms with Crippen molar-refractivity contribution >= 4 is 30.4 Å². The quantitative estimate of drug-likeness (QED) is 0.869. The SMILES string of the molecule is Cn1c([Si](C)(C)C)c(C[C@H]2COCCN2C(=O)O)c2ccccc21. The van der Waals surface area contributed by atoms with E-state index in [9.17, 15) is 9.90 Å². The number of carbonyl (C=O) groups is 1. The fourth-order valence-corrected chi connectivity index (χ4v) is 6.21. The summed E-state index contributed by atoms with van der Waals surface area (Å²) in [6.45, 7) is 8.44. The maximum Gasteiger partial charge on any atom is 0.407 e. The lowest BCUT2D eigenvalue weighted by Crippen LogP contribution is -2.51. The molecule has 3 rings (SSSR count). The Hall–Kier alpha value is -1.79. The fraction of sp³-hybridized carbons (Fsp3) is 0.500. The van der Waals surface area contributed by atoms with Crippen LogP contribution in [0.5, 0.6) is 0 Å². The van der Waals surface area contributed by atoms with Crippen LogP contribution in [0.4, 0.5) is 4.79 Å². The monoisotopic (exact) mass is 346 g/mol. The van der Waals surface area contributed by atoms with Crippen LogP contribution in [-0.2, 0) is 18.2 Å². The summed E-state index contributed by atoms with van der Waals surface area (Å²) in [6, 6.07) is 8.31. The van der Waals surface area contributed by atoms with Crippen molar-refractivity contribution < 1.29 is 14.6 Å². The van der Waals surface area contributed by atoms with E-state index in [1.165, 1.54) is 21.8 Å². The van der Waals surface area contributed by atoms with Gasteiger partial charge in [0, 0.05) is 29.8 Å². The van der Waals surface area contributed by atoms with Crippen LogP contribution in [0.15, 0.2) is 24.3 Å². The molecule has 1 amide bonds. The number of fused-ring (bicyclic) bond motifs is 1. The number of carboxylic acid groups (broad SMARTS) is 1. The van der Waals surface area contributed by atoms with Gasteiger partial charge in [0.2, 0.25) is 0 Å². The maximum atomic E-state index is 11.6. The van der Waals surface area contributed by atoms with Gasteiger partial charge in [0.05, 0.1) is 27.3 Å². The first-order valence-electron chi connectivity index (χ1n) is 8.44. The van der Waals surface area contributed by atoms with Gasteiger partial charge in [-0.3, -0.25) is 0 Å². The zero-order valence-corrected chi connectivity index (χ0v) is 15.9. The van der Waals surface area contributed by atoms with Crippen molar-refractivity contribution in [3.63, 3.8) is 0 Å². The summed E-state index contributed by atoms with van der Waals surface area (Å²) in [4.78, 5) is 13.1. The van der Waals surface area contributed by atoms with Crippen molar-refractivity contribution in [3.8, 4) is 0 Å². The van der Waals surface area contributed by atoms with Crippen molar-refractivity contribution in [2.24, 2.45) is 7.05 Å². The first kappa shape index (κ1) is 17.0. The third-order valence-corrected chi connectivity index (χ3v) is 6.89. The zero-order valence-electron chi connectivity index (χ0n) is 14.9. The third kappa shape index (κ3) is 2.96. The van der Waals surface area contributed by atoms with Gasteiger partial charge in [0.25, 0.3) is 0 Å². The molecule has 2 heterocycles. The maximum absolute atomic E-state index is 11.6. The highest BCUT2D eigenvalue weighted by Crippen LogP contribution is 2.25. The van der Waals surface area contributed by atoms with Gasteiger partial charge in [-0.1, -0.05) is 37.8 Å². The smallest absolute Gasteiger partial charge is 0.407 e. The number of nitrogens with zero attached hydrogens (tertiary/aromatic N) is 2. The molecule has 0 spiro atoms. The highest BCUT2D eigenvalue weighted by Gasteiger charge is 2.32. The Morgan fingerprint density at radius 3 is 2.71 bits per heavy atom. The number of hydrogen-bond acceptors (Lipinski definition) is 2. The van der Waals surface area contributed by atoms with Gasteiger partial charge in [-0.05, 0) is 18.1 Å². The van der Waals surface area contributed by atoms with Gasteiger partial charge < -0.3 is 19.3 Å². The van der Waals surface area contributed by atoms with Crippen LogP contribution in [0.2, 0.25) is 19.6 Å². The van der Waals surface area contributed by atoms with Crippen LogP contribution in [-0.4, -0.2) is 54.5 Å². The second-order valence-electron chi connectivity index (χ2n) is 7.56.